The van der Waals surface area contributed by atoms with Gasteiger partial charge in [0.05, 0.1) is 23.3 Å². The van der Waals surface area contributed by atoms with Crippen molar-refractivity contribution in [1.82, 2.24) is 19.3 Å². The van der Waals surface area contributed by atoms with Crippen LogP contribution in [-0.4, -0.2) is 25.4 Å². The van der Waals surface area contributed by atoms with Gasteiger partial charge in [-0.15, -0.1) is 0 Å². The minimum Gasteiger partial charge on any atom is -0.326 e. The molecule has 0 aliphatic heterocycles. The van der Waals surface area contributed by atoms with E-state index in [1.807, 2.05) is 49.2 Å². The summed E-state index contributed by atoms with van der Waals surface area (Å²) in [5.41, 5.74) is 9.56. The fourth-order valence-corrected chi connectivity index (χ4v) is 2.93. The van der Waals surface area contributed by atoms with E-state index in [0.717, 1.165) is 28.8 Å². The quantitative estimate of drug-likeness (QED) is 0.799. The second kappa shape index (κ2) is 5.33. The Morgan fingerprint density at radius 1 is 1.29 bits per heavy atom. The molecule has 0 aliphatic rings. The second-order valence-electron chi connectivity index (χ2n) is 5.49. The molecule has 5 nitrogen and oxygen atoms in total. The Balaban J connectivity index is 2.24. The van der Waals surface area contributed by atoms with Crippen molar-refractivity contribution >= 4 is 11.0 Å². The molecular weight excluding hydrogens is 262 g/mol. The van der Waals surface area contributed by atoms with E-state index in [0.29, 0.717) is 0 Å². The van der Waals surface area contributed by atoms with E-state index in [4.69, 9.17) is 10.7 Å². The Bertz CT molecular complexity index is 753. The number of nitrogens with zero attached hydrogens (tertiary/aromatic N) is 4. The first-order valence-electron chi connectivity index (χ1n) is 7.31. The van der Waals surface area contributed by atoms with Crippen LogP contribution in [0.3, 0.4) is 0 Å². The third-order valence-electron chi connectivity index (χ3n) is 3.83. The number of aromatic nitrogens is 4. The van der Waals surface area contributed by atoms with Gasteiger partial charge in [-0.3, -0.25) is 4.68 Å². The van der Waals surface area contributed by atoms with Gasteiger partial charge in [0.15, 0.2) is 0 Å². The zero-order valence-corrected chi connectivity index (χ0v) is 12.7. The molecular formula is C16H21N5. The monoisotopic (exact) mass is 283 g/mol. The average Bonchev–Trinajstić information content (AvgIpc) is 3.04. The van der Waals surface area contributed by atoms with Crippen LogP contribution in [0.25, 0.3) is 11.0 Å². The zero-order chi connectivity index (χ0) is 15.0. The van der Waals surface area contributed by atoms with Gasteiger partial charge in [-0.2, -0.15) is 5.10 Å². The number of rotatable bonds is 4. The van der Waals surface area contributed by atoms with E-state index in [2.05, 4.69) is 22.7 Å². The Kier molecular flexibility index (Phi) is 3.51. The highest BCUT2D eigenvalue weighted by Crippen LogP contribution is 2.28. The third-order valence-corrected chi connectivity index (χ3v) is 3.83. The average molecular weight is 283 g/mol. The minimum atomic E-state index is -0.0305. The Hall–Kier alpha value is -2.14. The Morgan fingerprint density at radius 3 is 2.67 bits per heavy atom. The first-order chi connectivity index (χ1) is 10.1. The highest BCUT2D eigenvalue weighted by Gasteiger charge is 2.24. The molecule has 21 heavy (non-hydrogen) atoms. The molecule has 1 aromatic carbocycles. The summed E-state index contributed by atoms with van der Waals surface area (Å²) in [6.07, 6.45) is 4.79. The van der Waals surface area contributed by atoms with Crippen LogP contribution >= 0.6 is 0 Å². The fourth-order valence-electron chi connectivity index (χ4n) is 2.93. The third kappa shape index (κ3) is 2.34. The van der Waals surface area contributed by atoms with Gasteiger partial charge in [0, 0.05) is 31.3 Å². The van der Waals surface area contributed by atoms with Crippen molar-refractivity contribution in [2.45, 2.75) is 32.4 Å². The first kappa shape index (κ1) is 13.8. The van der Waals surface area contributed by atoms with Gasteiger partial charge in [-0.25, -0.2) is 4.98 Å². The topological polar surface area (TPSA) is 61.7 Å². The highest BCUT2D eigenvalue weighted by molar-refractivity contribution is 5.76. The number of hydrogen-bond donors (Lipinski definition) is 1. The van der Waals surface area contributed by atoms with Gasteiger partial charge in [0.25, 0.3) is 0 Å². The molecule has 3 rings (SSSR count). The Morgan fingerprint density at radius 2 is 2.05 bits per heavy atom. The molecule has 0 radical (unpaired) electrons. The summed E-state index contributed by atoms with van der Waals surface area (Å²) in [5, 5.41) is 4.29. The summed E-state index contributed by atoms with van der Waals surface area (Å²) in [5.74, 6) is 1.06. The predicted octanol–water partition coefficient (Wildman–Crippen LogP) is 2.27. The lowest BCUT2D eigenvalue weighted by atomic mass is 10.0. The molecule has 0 spiro atoms. The Labute approximate surface area is 124 Å². The summed E-state index contributed by atoms with van der Waals surface area (Å²) >= 11 is 0. The lowest BCUT2D eigenvalue weighted by Gasteiger charge is -2.24. The minimum absolute atomic E-state index is 0.0305. The second-order valence-corrected chi connectivity index (χ2v) is 5.49. The lowest BCUT2D eigenvalue weighted by Crippen LogP contribution is -2.31. The van der Waals surface area contributed by atoms with E-state index in [1.54, 1.807) is 0 Å². The molecule has 0 bridgehead atoms. The molecule has 2 unspecified atom stereocenters. The van der Waals surface area contributed by atoms with Crippen molar-refractivity contribution in [3.05, 3.63) is 48.0 Å². The molecule has 0 fully saturated rings. The standard InChI is InChI=1S/C16H21N5/c1-4-15-19-13-7-5-6-8-14(13)21(15)16(11(2)17)12-9-18-20(3)10-12/h5-11,16H,4,17H2,1-3H3. The van der Waals surface area contributed by atoms with Gasteiger partial charge >= 0.3 is 0 Å². The summed E-state index contributed by atoms with van der Waals surface area (Å²) in [7, 11) is 1.93. The maximum absolute atomic E-state index is 6.30. The molecule has 0 saturated heterocycles. The molecule has 3 aromatic rings. The lowest BCUT2D eigenvalue weighted by molar-refractivity contribution is 0.492. The van der Waals surface area contributed by atoms with Gasteiger partial charge in [0.1, 0.15) is 5.82 Å². The fraction of sp³-hybridized carbons (Fsp3) is 0.375. The van der Waals surface area contributed by atoms with Gasteiger partial charge in [0.2, 0.25) is 0 Å². The van der Waals surface area contributed by atoms with Crippen LogP contribution in [0.2, 0.25) is 0 Å². The summed E-state index contributed by atoms with van der Waals surface area (Å²) in [6, 6.07) is 8.23. The van der Waals surface area contributed by atoms with Crippen molar-refractivity contribution in [1.29, 1.82) is 0 Å². The number of imidazole rings is 1. The summed E-state index contributed by atoms with van der Waals surface area (Å²) < 4.78 is 4.08. The summed E-state index contributed by atoms with van der Waals surface area (Å²) in [6.45, 7) is 4.16. The zero-order valence-electron chi connectivity index (χ0n) is 12.7. The van der Waals surface area contributed by atoms with Crippen LogP contribution < -0.4 is 5.73 Å². The van der Waals surface area contributed by atoms with Gasteiger partial charge in [-0.05, 0) is 19.1 Å². The molecule has 2 N–H and O–H groups in total. The molecule has 2 atom stereocenters. The number of aryl methyl sites for hydroxylation is 2. The van der Waals surface area contributed by atoms with Gasteiger partial charge in [-0.1, -0.05) is 19.1 Å². The SMILES string of the molecule is CCc1nc2ccccc2n1C(c1cnn(C)c1)C(C)N. The molecule has 2 aromatic heterocycles. The summed E-state index contributed by atoms with van der Waals surface area (Å²) in [4.78, 5) is 4.75. The predicted molar refractivity (Wildman–Crippen MR) is 84.1 cm³/mol. The number of nitrogens with two attached hydrogens (primary N) is 1. The van der Waals surface area contributed by atoms with Crippen molar-refractivity contribution < 1.29 is 0 Å². The van der Waals surface area contributed by atoms with E-state index < -0.39 is 0 Å². The highest BCUT2D eigenvalue weighted by atomic mass is 15.2. The first-order valence-corrected chi connectivity index (χ1v) is 7.31. The molecule has 5 heteroatoms. The van der Waals surface area contributed by atoms with Crippen LogP contribution in [0.4, 0.5) is 0 Å². The van der Waals surface area contributed by atoms with Crippen molar-refractivity contribution in [3.8, 4) is 0 Å². The van der Waals surface area contributed by atoms with Crippen LogP contribution in [0, 0.1) is 0 Å². The molecule has 2 heterocycles. The van der Waals surface area contributed by atoms with E-state index in [1.165, 1.54) is 0 Å². The van der Waals surface area contributed by atoms with Crippen LogP contribution in [0.1, 0.15) is 31.3 Å². The maximum Gasteiger partial charge on any atom is 0.110 e. The molecule has 110 valence electrons. The van der Waals surface area contributed by atoms with Gasteiger partial charge < -0.3 is 10.3 Å². The van der Waals surface area contributed by atoms with E-state index in [9.17, 15) is 0 Å². The number of benzene rings is 1. The number of para-hydroxylation sites is 2. The maximum atomic E-state index is 6.30. The van der Waals surface area contributed by atoms with Crippen LogP contribution in [0.5, 0.6) is 0 Å². The number of hydrogen-bond acceptors (Lipinski definition) is 3. The van der Waals surface area contributed by atoms with Crippen molar-refractivity contribution in [3.63, 3.8) is 0 Å². The molecule has 0 amide bonds. The van der Waals surface area contributed by atoms with E-state index in [-0.39, 0.29) is 12.1 Å². The molecule has 0 aliphatic carbocycles. The largest absolute Gasteiger partial charge is 0.326 e. The molecule has 0 saturated carbocycles. The normalized spacial score (nSPS) is 14.5. The van der Waals surface area contributed by atoms with Crippen molar-refractivity contribution in [2.24, 2.45) is 12.8 Å². The van der Waals surface area contributed by atoms with Crippen LogP contribution in [-0.2, 0) is 13.5 Å². The smallest absolute Gasteiger partial charge is 0.110 e. The van der Waals surface area contributed by atoms with E-state index >= 15 is 0 Å². The van der Waals surface area contributed by atoms with Crippen LogP contribution in [0.15, 0.2) is 36.7 Å². The number of fused-ring (bicyclic) bond motifs is 1. The van der Waals surface area contributed by atoms with Crippen molar-refractivity contribution in [2.75, 3.05) is 0 Å².